The second-order valence-electron chi connectivity index (χ2n) is 7.02. The minimum Gasteiger partial charge on any atom is -0.328 e. The maximum Gasteiger partial charge on any atom is 0.0952 e. The number of fused-ring (bicyclic) bond motifs is 2. The van der Waals surface area contributed by atoms with Crippen molar-refractivity contribution >= 4 is 10.8 Å². The molecular weight excluding hydrogens is 296 g/mol. The molecule has 3 aromatic rings. The molecule has 1 aliphatic heterocycles. The fourth-order valence-corrected chi connectivity index (χ4v) is 3.82. The summed E-state index contributed by atoms with van der Waals surface area (Å²) >= 11 is 0. The molecule has 0 N–H and O–H groups in total. The molecule has 0 spiro atoms. The summed E-state index contributed by atoms with van der Waals surface area (Å²) < 4.78 is 2.35. The van der Waals surface area contributed by atoms with Crippen molar-refractivity contribution in [1.82, 2.24) is 19.4 Å². The Bertz CT molecular complexity index is 831. The minimum atomic E-state index is 0.459. The maximum absolute atomic E-state index is 4.37. The molecule has 4 heteroatoms. The second kappa shape index (κ2) is 6.38. The zero-order chi connectivity index (χ0) is 16.5. The summed E-state index contributed by atoms with van der Waals surface area (Å²) in [5.74, 6) is 0. The predicted octanol–water partition coefficient (Wildman–Crippen LogP) is 3.15. The number of nitrogens with zero attached hydrogens (tertiary/aromatic N) is 4. The zero-order valence-electron chi connectivity index (χ0n) is 14.4. The first-order chi connectivity index (χ1) is 11.7. The molecule has 0 unspecified atom stereocenters. The Balaban J connectivity index is 1.61. The van der Waals surface area contributed by atoms with Gasteiger partial charge in [0.25, 0.3) is 0 Å². The van der Waals surface area contributed by atoms with E-state index >= 15 is 0 Å². The average molecular weight is 320 g/mol. The lowest BCUT2D eigenvalue weighted by Crippen LogP contribution is -2.40. The van der Waals surface area contributed by atoms with Gasteiger partial charge < -0.3 is 9.47 Å². The van der Waals surface area contributed by atoms with E-state index in [0.29, 0.717) is 6.04 Å². The SMILES string of the molecule is CN(C)C[C@H]1CN(Cc2cccc3ccccc23)Cc2cncn21. The van der Waals surface area contributed by atoms with Crippen LogP contribution in [0.15, 0.2) is 55.0 Å². The molecular formula is C20H24N4. The summed E-state index contributed by atoms with van der Waals surface area (Å²) in [7, 11) is 4.28. The third kappa shape index (κ3) is 2.95. The van der Waals surface area contributed by atoms with Gasteiger partial charge in [-0.2, -0.15) is 0 Å². The van der Waals surface area contributed by atoms with Gasteiger partial charge in [0.2, 0.25) is 0 Å². The van der Waals surface area contributed by atoms with Crippen molar-refractivity contribution in [3.8, 4) is 0 Å². The number of aromatic nitrogens is 2. The number of likely N-dealkylation sites (N-methyl/N-ethyl adjacent to an activating group) is 1. The highest BCUT2D eigenvalue weighted by atomic mass is 15.3. The van der Waals surface area contributed by atoms with E-state index in [4.69, 9.17) is 0 Å². The van der Waals surface area contributed by atoms with Crippen LogP contribution in [0.2, 0.25) is 0 Å². The Morgan fingerprint density at radius 2 is 1.96 bits per heavy atom. The van der Waals surface area contributed by atoms with E-state index in [1.54, 1.807) is 0 Å². The molecule has 4 nitrogen and oxygen atoms in total. The van der Waals surface area contributed by atoms with E-state index in [9.17, 15) is 0 Å². The van der Waals surface area contributed by atoms with E-state index in [0.717, 1.165) is 26.2 Å². The lowest BCUT2D eigenvalue weighted by molar-refractivity contribution is 0.156. The van der Waals surface area contributed by atoms with Crippen LogP contribution in [0.1, 0.15) is 17.3 Å². The fraction of sp³-hybridized carbons (Fsp3) is 0.350. The van der Waals surface area contributed by atoms with Gasteiger partial charge in [0, 0.05) is 32.4 Å². The molecule has 4 rings (SSSR count). The topological polar surface area (TPSA) is 24.3 Å². The standard InChI is InChI=1S/C20H24N4/c1-22(2)12-19-14-23(13-18-10-21-15-24(18)19)11-17-8-5-7-16-6-3-4-9-20(16)17/h3-10,15,19H,11-14H2,1-2H3/t19-/m0/s1. The number of benzene rings is 2. The number of rotatable bonds is 4. The molecule has 24 heavy (non-hydrogen) atoms. The van der Waals surface area contributed by atoms with E-state index < -0.39 is 0 Å². The van der Waals surface area contributed by atoms with E-state index in [1.807, 2.05) is 12.5 Å². The lowest BCUT2D eigenvalue weighted by Gasteiger charge is -2.36. The summed E-state index contributed by atoms with van der Waals surface area (Å²) in [5.41, 5.74) is 2.72. The van der Waals surface area contributed by atoms with Crippen LogP contribution in [-0.4, -0.2) is 46.5 Å². The van der Waals surface area contributed by atoms with E-state index in [-0.39, 0.29) is 0 Å². The third-order valence-corrected chi connectivity index (χ3v) is 4.84. The molecule has 0 amide bonds. The Morgan fingerprint density at radius 1 is 1.12 bits per heavy atom. The highest BCUT2D eigenvalue weighted by molar-refractivity contribution is 5.85. The van der Waals surface area contributed by atoms with Crippen LogP contribution >= 0.6 is 0 Å². The van der Waals surface area contributed by atoms with E-state index in [2.05, 4.69) is 75.9 Å². The summed E-state index contributed by atoms with van der Waals surface area (Å²) in [4.78, 5) is 9.18. The minimum absolute atomic E-state index is 0.459. The Morgan fingerprint density at radius 3 is 2.83 bits per heavy atom. The molecule has 0 fully saturated rings. The van der Waals surface area contributed by atoms with Crippen LogP contribution in [0.3, 0.4) is 0 Å². The highest BCUT2D eigenvalue weighted by Crippen LogP contribution is 2.25. The molecule has 1 aliphatic rings. The van der Waals surface area contributed by atoms with Crippen molar-refractivity contribution < 1.29 is 0 Å². The first-order valence-electron chi connectivity index (χ1n) is 8.55. The summed E-state index contributed by atoms with van der Waals surface area (Å²) in [6.45, 7) is 4.05. The Kier molecular flexibility index (Phi) is 4.08. The molecule has 0 saturated heterocycles. The Hall–Kier alpha value is -2.17. The molecule has 0 saturated carbocycles. The lowest BCUT2D eigenvalue weighted by atomic mass is 10.0. The zero-order valence-corrected chi connectivity index (χ0v) is 14.4. The molecule has 1 aromatic heterocycles. The third-order valence-electron chi connectivity index (χ3n) is 4.84. The van der Waals surface area contributed by atoms with Crippen molar-refractivity contribution in [3.63, 3.8) is 0 Å². The summed E-state index contributed by atoms with van der Waals surface area (Å²) in [6.07, 6.45) is 4.00. The van der Waals surface area contributed by atoms with Gasteiger partial charge in [-0.3, -0.25) is 4.90 Å². The molecule has 0 radical (unpaired) electrons. The van der Waals surface area contributed by atoms with Gasteiger partial charge in [-0.1, -0.05) is 42.5 Å². The van der Waals surface area contributed by atoms with Crippen LogP contribution in [-0.2, 0) is 13.1 Å². The number of hydrogen-bond acceptors (Lipinski definition) is 3. The first-order valence-corrected chi connectivity index (χ1v) is 8.55. The van der Waals surface area contributed by atoms with Crippen molar-refractivity contribution in [1.29, 1.82) is 0 Å². The highest BCUT2D eigenvalue weighted by Gasteiger charge is 2.25. The number of imidazole rings is 1. The van der Waals surface area contributed by atoms with Gasteiger partial charge in [0.15, 0.2) is 0 Å². The predicted molar refractivity (Wildman–Crippen MR) is 97.9 cm³/mol. The molecule has 1 atom stereocenters. The second-order valence-corrected chi connectivity index (χ2v) is 7.02. The van der Waals surface area contributed by atoms with Crippen molar-refractivity contribution in [2.24, 2.45) is 0 Å². The van der Waals surface area contributed by atoms with Gasteiger partial charge in [-0.25, -0.2) is 4.98 Å². The van der Waals surface area contributed by atoms with Crippen LogP contribution in [0.4, 0.5) is 0 Å². The average Bonchev–Trinajstić information content (AvgIpc) is 3.03. The monoisotopic (exact) mass is 320 g/mol. The van der Waals surface area contributed by atoms with Crippen molar-refractivity contribution in [3.05, 3.63) is 66.2 Å². The molecule has 124 valence electrons. The quantitative estimate of drug-likeness (QED) is 0.738. The van der Waals surface area contributed by atoms with Crippen LogP contribution in [0, 0.1) is 0 Å². The largest absolute Gasteiger partial charge is 0.328 e. The molecule has 0 aliphatic carbocycles. The van der Waals surface area contributed by atoms with Crippen LogP contribution in [0.5, 0.6) is 0 Å². The summed E-state index contributed by atoms with van der Waals surface area (Å²) in [5, 5.41) is 2.69. The van der Waals surface area contributed by atoms with Gasteiger partial charge in [-0.05, 0) is 30.4 Å². The van der Waals surface area contributed by atoms with Crippen LogP contribution in [0.25, 0.3) is 10.8 Å². The van der Waals surface area contributed by atoms with Crippen molar-refractivity contribution in [2.45, 2.75) is 19.1 Å². The fourth-order valence-electron chi connectivity index (χ4n) is 3.82. The summed E-state index contributed by atoms with van der Waals surface area (Å²) in [6, 6.07) is 15.7. The van der Waals surface area contributed by atoms with Crippen molar-refractivity contribution in [2.75, 3.05) is 27.2 Å². The Labute approximate surface area is 143 Å². The van der Waals surface area contributed by atoms with Gasteiger partial charge in [-0.15, -0.1) is 0 Å². The molecule has 2 heterocycles. The van der Waals surface area contributed by atoms with Gasteiger partial charge in [0.1, 0.15) is 0 Å². The number of hydrogen-bond donors (Lipinski definition) is 0. The molecule has 0 bridgehead atoms. The van der Waals surface area contributed by atoms with Gasteiger partial charge >= 0.3 is 0 Å². The van der Waals surface area contributed by atoms with Gasteiger partial charge in [0.05, 0.1) is 18.1 Å². The maximum atomic E-state index is 4.37. The van der Waals surface area contributed by atoms with Crippen LogP contribution < -0.4 is 0 Å². The first kappa shape index (κ1) is 15.4. The normalized spacial score (nSPS) is 18.2. The van der Waals surface area contributed by atoms with E-state index in [1.165, 1.54) is 22.0 Å². The smallest absolute Gasteiger partial charge is 0.0952 e. The molecule has 2 aromatic carbocycles.